The van der Waals surface area contributed by atoms with E-state index >= 15 is 0 Å². The van der Waals surface area contributed by atoms with Gasteiger partial charge in [-0.15, -0.1) is 0 Å². The highest BCUT2D eigenvalue weighted by Gasteiger charge is 2.47. The van der Waals surface area contributed by atoms with Crippen molar-refractivity contribution in [2.24, 2.45) is 0 Å². The number of aliphatic hydroxyl groups is 1. The molecule has 41 heavy (non-hydrogen) atoms. The van der Waals surface area contributed by atoms with Gasteiger partial charge in [-0.2, -0.15) is 0 Å². The van der Waals surface area contributed by atoms with Gasteiger partial charge in [0.15, 0.2) is 11.8 Å². The van der Waals surface area contributed by atoms with Crippen LogP contribution in [0.1, 0.15) is 68.5 Å². The third-order valence-electron chi connectivity index (χ3n) is 7.11. The van der Waals surface area contributed by atoms with Crippen molar-refractivity contribution in [3.05, 3.63) is 70.8 Å². The van der Waals surface area contributed by atoms with E-state index < -0.39 is 29.2 Å². The molecule has 1 heterocycles. The number of carbonyl (C=O) groups excluding carboxylic acids is 2. The summed E-state index contributed by atoms with van der Waals surface area (Å²) in [7, 11) is 2.78. The Morgan fingerprint density at radius 2 is 1.66 bits per heavy atom. The molecule has 1 aliphatic rings. The minimum atomic E-state index is -1.85. The molecule has 2 aromatic rings. The normalized spacial score (nSPS) is 17.6. The maximum absolute atomic E-state index is 12.4. The Kier molecular flexibility index (Phi) is 11.4. The van der Waals surface area contributed by atoms with Crippen molar-refractivity contribution in [1.29, 1.82) is 0 Å². The Labute approximate surface area is 241 Å². The first-order valence-electron chi connectivity index (χ1n) is 13.7. The van der Waals surface area contributed by atoms with Crippen LogP contribution in [-0.4, -0.2) is 71.8 Å². The molecule has 0 aliphatic carbocycles. The number of nitrogens with zero attached hydrogens (tertiary/aromatic N) is 1. The van der Waals surface area contributed by atoms with Crippen LogP contribution in [0.15, 0.2) is 48.5 Å². The van der Waals surface area contributed by atoms with Gasteiger partial charge in [-0.1, -0.05) is 36.1 Å². The van der Waals surface area contributed by atoms with Crippen LogP contribution >= 0.6 is 0 Å². The third-order valence-corrected chi connectivity index (χ3v) is 7.11. The Morgan fingerprint density at radius 3 is 2.20 bits per heavy atom. The number of hydrogen-bond donors (Lipinski definition) is 4. The van der Waals surface area contributed by atoms with E-state index in [9.17, 15) is 14.7 Å². The lowest BCUT2D eigenvalue weighted by Crippen LogP contribution is -2.63. The number of amides is 2. The summed E-state index contributed by atoms with van der Waals surface area (Å²) in [5, 5.41) is 22.3. The summed E-state index contributed by atoms with van der Waals surface area (Å²) in [5.74, 6) is 4.56. The first-order chi connectivity index (χ1) is 19.5. The van der Waals surface area contributed by atoms with Crippen LogP contribution in [-0.2, 0) is 30.4 Å². The van der Waals surface area contributed by atoms with E-state index in [0.29, 0.717) is 18.8 Å². The van der Waals surface area contributed by atoms with Crippen molar-refractivity contribution in [2.75, 3.05) is 27.3 Å². The van der Waals surface area contributed by atoms with Gasteiger partial charge in [0, 0.05) is 24.8 Å². The van der Waals surface area contributed by atoms with E-state index in [1.54, 1.807) is 24.3 Å². The van der Waals surface area contributed by atoms with E-state index in [0.717, 1.165) is 42.6 Å². The molecule has 3 rings (SSSR count). The molecular formula is C31H41N3O7. The van der Waals surface area contributed by atoms with E-state index in [2.05, 4.69) is 17.2 Å². The quantitative estimate of drug-likeness (QED) is 0.107. The number of nitrogens with one attached hydrogen (secondary N) is 2. The molecule has 10 heteroatoms. The summed E-state index contributed by atoms with van der Waals surface area (Å²) in [6, 6.07) is 14.6. The molecule has 2 aromatic carbocycles. The second kappa shape index (κ2) is 14.5. The van der Waals surface area contributed by atoms with Crippen LogP contribution in [0.5, 0.6) is 0 Å². The number of ether oxygens (including phenoxy) is 3. The van der Waals surface area contributed by atoms with Crippen molar-refractivity contribution in [3.8, 4) is 11.8 Å². The monoisotopic (exact) mass is 567 g/mol. The van der Waals surface area contributed by atoms with Crippen molar-refractivity contribution < 1.29 is 34.1 Å². The highest BCUT2D eigenvalue weighted by molar-refractivity contribution is 6.08. The lowest BCUT2D eigenvalue weighted by Gasteiger charge is -2.37. The van der Waals surface area contributed by atoms with Crippen LogP contribution in [0.2, 0.25) is 0 Å². The standard InChI is InChI=1S/C31H41N3O7/c1-30(2,41-26-8-6-7-19-40-26)21-39-20-24-13-11-22(12-14-24)9-10-23-15-17-25(18-16-23)27(35)34(5)31(3,28(36)32-4)29(37)33-38/h11-18,26-27,35,38H,6-8,19-21H2,1-5H3,(H,32,36)(H,33,37)/t26?,27?,31-/m0/s1. The molecule has 0 aromatic heterocycles. The average molecular weight is 568 g/mol. The van der Waals surface area contributed by atoms with Gasteiger partial charge in [0.05, 0.1) is 18.8 Å². The highest BCUT2D eigenvalue weighted by Crippen LogP contribution is 2.26. The molecule has 10 nitrogen and oxygen atoms in total. The maximum Gasteiger partial charge on any atom is 0.273 e. The lowest BCUT2D eigenvalue weighted by atomic mass is 9.96. The smallest absolute Gasteiger partial charge is 0.273 e. The van der Waals surface area contributed by atoms with E-state index in [-0.39, 0.29) is 6.29 Å². The fourth-order valence-corrected chi connectivity index (χ4v) is 4.42. The molecule has 1 aliphatic heterocycles. The average Bonchev–Trinajstić information content (AvgIpc) is 2.99. The molecule has 0 radical (unpaired) electrons. The summed E-state index contributed by atoms with van der Waals surface area (Å²) in [5.41, 5.74) is 2.24. The Bertz CT molecular complexity index is 1200. The Balaban J connectivity index is 1.55. The van der Waals surface area contributed by atoms with Gasteiger partial charge in [-0.3, -0.25) is 19.7 Å². The zero-order valence-electron chi connectivity index (χ0n) is 24.4. The Morgan fingerprint density at radius 1 is 1.05 bits per heavy atom. The summed E-state index contributed by atoms with van der Waals surface area (Å²) in [6.45, 7) is 6.98. The molecular weight excluding hydrogens is 526 g/mol. The van der Waals surface area contributed by atoms with Gasteiger partial charge >= 0.3 is 0 Å². The maximum atomic E-state index is 12.4. The number of carbonyl (C=O) groups is 2. The summed E-state index contributed by atoms with van der Waals surface area (Å²) >= 11 is 0. The topological polar surface area (TPSA) is 130 Å². The van der Waals surface area contributed by atoms with Gasteiger partial charge in [0.25, 0.3) is 5.91 Å². The molecule has 2 amide bonds. The van der Waals surface area contributed by atoms with Crippen LogP contribution in [0.25, 0.3) is 0 Å². The lowest BCUT2D eigenvalue weighted by molar-refractivity contribution is -0.228. The van der Waals surface area contributed by atoms with Gasteiger partial charge < -0.3 is 24.6 Å². The number of likely N-dealkylation sites (N-methyl/N-ethyl adjacent to an activating group) is 2. The zero-order valence-corrected chi connectivity index (χ0v) is 24.4. The fraction of sp³-hybridized carbons (Fsp3) is 0.484. The molecule has 4 N–H and O–H groups in total. The number of hydroxylamine groups is 1. The third kappa shape index (κ3) is 8.60. The molecule has 3 atom stereocenters. The molecule has 0 saturated carbocycles. The van der Waals surface area contributed by atoms with Crippen LogP contribution < -0.4 is 10.8 Å². The van der Waals surface area contributed by atoms with Gasteiger partial charge in [0.1, 0.15) is 6.23 Å². The summed E-state index contributed by atoms with van der Waals surface area (Å²) < 4.78 is 17.6. The molecule has 1 fully saturated rings. The van der Waals surface area contributed by atoms with Crippen LogP contribution in [0.3, 0.4) is 0 Å². The molecule has 0 spiro atoms. The van der Waals surface area contributed by atoms with Crippen molar-refractivity contribution in [2.45, 2.75) is 70.3 Å². The first-order valence-corrected chi connectivity index (χ1v) is 13.7. The first kappa shape index (κ1) is 32.2. The van der Waals surface area contributed by atoms with E-state index in [1.807, 2.05) is 38.1 Å². The second-order valence-electron chi connectivity index (χ2n) is 10.8. The van der Waals surface area contributed by atoms with Gasteiger partial charge in [0.2, 0.25) is 5.91 Å². The summed E-state index contributed by atoms with van der Waals surface area (Å²) in [4.78, 5) is 25.8. The SMILES string of the molecule is CNC(=O)[C@@](C)(C(=O)NO)N(C)C(O)c1ccc(C#Cc2ccc(COCC(C)(C)OC3CCCCO3)cc2)cc1. The van der Waals surface area contributed by atoms with Gasteiger partial charge in [-0.25, -0.2) is 5.48 Å². The van der Waals surface area contributed by atoms with Gasteiger partial charge in [-0.05, 0) is 82.5 Å². The fourth-order valence-electron chi connectivity index (χ4n) is 4.42. The predicted octanol–water partition coefficient (Wildman–Crippen LogP) is 2.86. The Hall–Kier alpha value is -3.30. The largest absolute Gasteiger partial charge is 0.374 e. The predicted molar refractivity (Wildman–Crippen MR) is 152 cm³/mol. The van der Waals surface area contributed by atoms with Crippen molar-refractivity contribution in [3.63, 3.8) is 0 Å². The number of aliphatic hydroxyl groups excluding tert-OH is 1. The molecule has 1 saturated heterocycles. The molecule has 222 valence electrons. The van der Waals surface area contributed by atoms with E-state index in [1.165, 1.54) is 31.4 Å². The molecule has 0 bridgehead atoms. The zero-order chi connectivity index (χ0) is 30.0. The van der Waals surface area contributed by atoms with E-state index in [4.69, 9.17) is 19.4 Å². The van der Waals surface area contributed by atoms with Crippen molar-refractivity contribution in [1.82, 2.24) is 15.7 Å². The molecule has 2 unspecified atom stereocenters. The minimum absolute atomic E-state index is 0.160. The van der Waals surface area contributed by atoms with Crippen LogP contribution in [0.4, 0.5) is 0 Å². The minimum Gasteiger partial charge on any atom is -0.374 e. The van der Waals surface area contributed by atoms with Crippen LogP contribution in [0, 0.1) is 11.8 Å². The summed E-state index contributed by atoms with van der Waals surface area (Å²) in [6.07, 6.45) is 1.66. The second-order valence-corrected chi connectivity index (χ2v) is 10.8. The van der Waals surface area contributed by atoms with Crippen molar-refractivity contribution >= 4 is 11.8 Å². The highest BCUT2D eigenvalue weighted by atomic mass is 16.7. The number of hydrogen-bond acceptors (Lipinski definition) is 8. The number of rotatable bonds is 11. The number of benzene rings is 2.